The van der Waals surface area contributed by atoms with E-state index in [2.05, 4.69) is 29.1 Å². The molecular formula is C20H21ClN2O2. The zero-order valence-electron chi connectivity index (χ0n) is 14.6. The van der Waals surface area contributed by atoms with Gasteiger partial charge >= 0.3 is 0 Å². The number of hydrogen-bond acceptors (Lipinski definition) is 4. The molecule has 25 heavy (non-hydrogen) atoms. The molecule has 5 heteroatoms. The van der Waals surface area contributed by atoms with Gasteiger partial charge in [-0.25, -0.2) is 4.98 Å². The smallest absolute Gasteiger partial charge is 0.134 e. The number of pyridine rings is 1. The van der Waals surface area contributed by atoms with Gasteiger partial charge in [0.05, 0.1) is 19.7 Å². The maximum Gasteiger partial charge on any atom is 0.134 e. The van der Waals surface area contributed by atoms with Crippen molar-refractivity contribution >= 4 is 22.5 Å². The number of aromatic nitrogens is 1. The first-order chi connectivity index (χ1) is 12.1. The molecule has 1 aromatic heterocycles. The third-order valence-electron chi connectivity index (χ3n) is 4.08. The Labute approximate surface area is 153 Å². The van der Waals surface area contributed by atoms with E-state index in [1.54, 1.807) is 14.2 Å². The van der Waals surface area contributed by atoms with Crippen LogP contribution in [0.25, 0.3) is 10.9 Å². The first-order valence-corrected chi connectivity index (χ1v) is 8.41. The quantitative estimate of drug-likeness (QED) is 0.607. The molecule has 130 valence electrons. The fourth-order valence-corrected chi connectivity index (χ4v) is 3.04. The minimum Gasteiger partial charge on any atom is -0.497 e. The molecule has 0 bridgehead atoms. The van der Waals surface area contributed by atoms with E-state index in [-0.39, 0.29) is 0 Å². The van der Waals surface area contributed by atoms with E-state index in [9.17, 15) is 0 Å². The fraction of sp³-hybridized carbons (Fsp3) is 0.250. The molecule has 0 saturated heterocycles. The van der Waals surface area contributed by atoms with Crippen molar-refractivity contribution < 1.29 is 9.47 Å². The lowest BCUT2D eigenvalue weighted by molar-refractivity contribution is 0.318. The Hall–Kier alpha value is -2.30. The van der Waals surface area contributed by atoms with Crippen LogP contribution in [0.3, 0.4) is 0 Å². The molecule has 0 amide bonds. The van der Waals surface area contributed by atoms with Crippen molar-refractivity contribution in [1.82, 2.24) is 9.88 Å². The van der Waals surface area contributed by atoms with Crippen LogP contribution in [0.5, 0.6) is 11.5 Å². The molecule has 0 spiro atoms. The average molecular weight is 357 g/mol. The minimum absolute atomic E-state index is 0.526. The second-order valence-corrected chi connectivity index (χ2v) is 6.38. The van der Waals surface area contributed by atoms with Gasteiger partial charge in [0.1, 0.15) is 16.7 Å². The summed E-state index contributed by atoms with van der Waals surface area (Å²) in [6.45, 7) is 1.51. The second kappa shape index (κ2) is 7.72. The molecular weight excluding hydrogens is 336 g/mol. The summed E-state index contributed by atoms with van der Waals surface area (Å²) in [5, 5.41) is 1.58. The molecule has 0 atom stereocenters. The highest BCUT2D eigenvalue weighted by molar-refractivity contribution is 6.30. The van der Waals surface area contributed by atoms with Crippen LogP contribution in [0.2, 0.25) is 5.15 Å². The Kier molecular flexibility index (Phi) is 5.41. The van der Waals surface area contributed by atoms with Crippen LogP contribution in [-0.2, 0) is 13.1 Å². The van der Waals surface area contributed by atoms with Crippen LogP contribution in [0.4, 0.5) is 0 Å². The van der Waals surface area contributed by atoms with E-state index >= 15 is 0 Å². The Morgan fingerprint density at radius 2 is 1.72 bits per heavy atom. The minimum atomic E-state index is 0.526. The van der Waals surface area contributed by atoms with Gasteiger partial charge in [-0.15, -0.1) is 0 Å². The highest BCUT2D eigenvalue weighted by Gasteiger charge is 2.09. The lowest BCUT2D eigenvalue weighted by atomic mass is 10.1. The summed E-state index contributed by atoms with van der Waals surface area (Å²) < 4.78 is 10.5. The molecule has 0 N–H and O–H groups in total. The highest BCUT2D eigenvalue weighted by Crippen LogP contribution is 2.25. The van der Waals surface area contributed by atoms with Gasteiger partial charge in [0.25, 0.3) is 0 Å². The SMILES string of the molecule is COc1cccc(CN(C)Cc2cc3ccc(OC)cc3nc2Cl)c1. The van der Waals surface area contributed by atoms with Gasteiger partial charge in [-0.2, -0.15) is 0 Å². The Balaban J connectivity index is 1.78. The van der Waals surface area contributed by atoms with Gasteiger partial charge in [-0.3, -0.25) is 4.90 Å². The van der Waals surface area contributed by atoms with Crippen LogP contribution in [-0.4, -0.2) is 31.2 Å². The maximum atomic E-state index is 6.39. The molecule has 0 fully saturated rings. The van der Waals surface area contributed by atoms with E-state index in [0.29, 0.717) is 11.7 Å². The second-order valence-electron chi connectivity index (χ2n) is 6.02. The van der Waals surface area contributed by atoms with Gasteiger partial charge in [-0.05, 0) is 42.9 Å². The first-order valence-electron chi connectivity index (χ1n) is 8.03. The molecule has 3 rings (SSSR count). The summed E-state index contributed by atoms with van der Waals surface area (Å²) in [5.74, 6) is 1.64. The zero-order chi connectivity index (χ0) is 17.8. The number of halogens is 1. The van der Waals surface area contributed by atoms with E-state index in [4.69, 9.17) is 21.1 Å². The maximum absolute atomic E-state index is 6.39. The number of hydrogen-bond donors (Lipinski definition) is 0. The summed E-state index contributed by atoms with van der Waals surface area (Å²) in [7, 11) is 5.39. The van der Waals surface area contributed by atoms with Gasteiger partial charge < -0.3 is 9.47 Å². The van der Waals surface area contributed by atoms with Crippen LogP contribution in [0.1, 0.15) is 11.1 Å². The van der Waals surface area contributed by atoms with E-state index in [1.807, 2.05) is 36.4 Å². The lowest BCUT2D eigenvalue weighted by Gasteiger charge is -2.18. The summed E-state index contributed by atoms with van der Waals surface area (Å²) in [6.07, 6.45) is 0. The lowest BCUT2D eigenvalue weighted by Crippen LogP contribution is -2.17. The topological polar surface area (TPSA) is 34.6 Å². The number of ether oxygens (including phenoxy) is 2. The third-order valence-corrected chi connectivity index (χ3v) is 4.41. The highest BCUT2D eigenvalue weighted by atomic mass is 35.5. The fourth-order valence-electron chi connectivity index (χ4n) is 2.83. The van der Waals surface area contributed by atoms with Crippen LogP contribution >= 0.6 is 11.6 Å². The molecule has 1 heterocycles. The Bertz CT molecular complexity index is 883. The van der Waals surface area contributed by atoms with Crippen LogP contribution in [0, 0.1) is 0 Å². The number of fused-ring (bicyclic) bond motifs is 1. The normalized spacial score (nSPS) is 11.1. The number of rotatable bonds is 6. The molecule has 0 aliphatic rings. The van der Waals surface area contributed by atoms with Crippen LogP contribution in [0.15, 0.2) is 48.5 Å². The predicted molar refractivity (Wildman–Crippen MR) is 101 cm³/mol. The van der Waals surface area contributed by atoms with E-state index < -0.39 is 0 Å². The van der Waals surface area contributed by atoms with Crippen molar-refractivity contribution in [3.8, 4) is 11.5 Å². The standard InChI is InChI=1S/C20H21ClN2O2/c1-23(12-14-5-4-6-17(9-14)24-2)13-16-10-15-7-8-18(25-3)11-19(15)22-20(16)21/h4-11H,12-13H2,1-3H3. The van der Waals surface area contributed by atoms with Crippen molar-refractivity contribution in [2.45, 2.75) is 13.1 Å². The Morgan fingerprint density at radius 3 is 2.48 bits per heavy atom. The molecule has 0 unspecified atom stereocenters. The van der Waals surface area contributed by atoms with Gasteiger partial charge in [-0.1, -0.05) is 23.7 Å². The van der Waals surface area contributed by atoms with Crippen molar-refractivity contribution in [2.75, 3.05) is 21.3 Å². The monoisotopic (exact) mass is 356 g/mol. The average Bonchev–Trinajstić information content (AvgIpc) is 2.62. The van der Waals surface area contributed by atoms with E-state index in [0.717, 1.165) is 34.5 Å². The van der Waals surface area contributed by atoms with Gasteiger partial charge in [0, 0.05) is 30.1 Å². The largest absolute Gasteiger partial charge is 0.497 e. The Morgan fingerprint density at radius 1 is 0.960 bits per heavy atom. The number of benzene rings is 2. The van der Waals surface area contributed by atoms with Crippen molar-refractivity contribution in [3.63, 3.8) is 0 Å². The summed E-state index contributed by atoms with van der Waals surface area (Å²) >= 11 is 6.39. The molecule has 0 radical (unpaired) electrons. The summed E-state index contributed by atoms with van der Waals surface area (Å²) in [4.78, 5) is 6.71. The molecule has 3 aromatic rings. The van der Waals surface area contributed by atoms with Gasteiger partial charge in [0.15, 0.2) is 0 Å². The number of nitrogens with zero attached hydrogens (tertiary/aromatic N) is 2. The third kappa shape index (κ3) is 4.21. The molecule has 4 nitrogen and oxygen atoms in total. The molecule has 2 aromatic carbocycles. The van der Waals surface area contributed by atoms with E-state index in [1.165, 1.54) is 5.56 Å². The molecule has 0 aliphatic carbocycles. The first kappa shape index (κ1) is 17.5. The van der Waals surface area contributed by atoms with Crippen molar-refractivity contribution in [3.05, 3.63) is 64.8 Å². The summed E-state index contributed by atoms with van der Waals surface area (Å²) in [6, 6.07) is 16.0. The molecule has 0 aliphatic heterocycles. The predicted octanol–water partition coefficient (Wildman–Crippen LogP) is 4.54. The zero-order valence-corrected chi connectivity index (χ0v) is 15.4. The van der Waals surface area contributed by atoms with Crippen molar-refractivity contribution in [2.24, 2.45) is 0 Å². The summed E-state index contributed by atoms with van der Waals surface area (Å²) in [5.41, 5.74) is 3.03. The molecule has 0 saturated carbocycles. The van der Waals surface area contributed by atoms with Crippen molar-refractivity contribution in [1.29, 1.82) is 0 Å². The van der Waals surface area contributed by atoms with Crippen LogP contribution < -0.4 is 9.47 Å². The van der Waals surface area contributed by atoms with Gasteiger partial charge in [0.2, 0.25) is 0 Å². The number of methoxy groups -OCH3 is 2.